The zero-order chi connectivity index (χ0) is 19.4. The second-order valence-electron chi connectivity index (χ2n) is 6.48. The van der Waals surface area contributed by atoms with E-state index in [1.807, 2.05) is 0 Å². The molecule has 2 rings (SSSR count). The van der Waals surface area contributed by atoms with Gasteiger partial charge in [0, 0.05) is 30.1 Å². The average molecular weight is 368 g/mol. The van der Waals surface area contributed by atoms with Crippen molar-refractivity contribution in [1.29, 1.82) is 0 Å². The summed E-state index contributed by atoms with van der Waals surface area (Å²) in [4.78, 5) is 23.1. The molecule has 1 unspecified atom stereocenters. The number of amides is 1. The zero-order valence-electron chi connectivity index (χ0n) is 14.3. The number of hydrogen-bond acceptors (Lipinski definition) is 7. The quantitative estimate of drug-likeness (QED) is 0.347. The Kier molecular flexibility index (Phi) is 6.54. The standard InChI is InChI=1S/C17H24N2O7/c1-8-11(20)6-13(17(24)25)26-15(8)14(22)12(21)7-19-16(23)9-2-4-10(18)5-3-9/h2-5,8,11-15,20-22H,6-7,18H2,1H3,(H,19,23)(H,24,25)/t8-,11+,12-,13?,14-,15-/m1/s1. The monoisotopic (exact) mass is 368 g/mol. The van der Waals surface area contributed by atoms with Crippen LogP contribution in [0.25, 0.3) is 0 Å². The second-order valence-corrected chi connectivity index (χ2v) is 6.48. The molecule has 1 amide bonds. The molecule has 7 N–H and O–H groups in total. The van der Waals surface area contributed by atoms with Crippen LogP contribution in [0.4, 0.5) is 5.69 Å². The molecule has 0 spiro atoms. The van der Waals surface area contributed by atoms with Gasteiger partial charge >= 0.3 is 5.97 Å². The van der Waals surface area contributed by atoms with Gasteiger partial charge in [0.1, 0.15) is 6.10 Å². The molecule has 1 aromatic rings. The van der Waals surface area contributed by atoms with Crippen LogP contribution in [0.1, 0.15) is 23.7 Å². The van der Waals surface area contributed by atoms with Crippen molar-refractivity contribution in [3.8, 4) is 0 Å². The van der Waals surface area contributed by atoms with E-state index in [0.717, 1.165) is 0 Å². The van der Waals surface area contributed by atoms with Gasteiger partial charge in [-0.15, -0.1) is 0 Å². The highest BCUT2D eigenvalue weighted by atomic mass is 16.5. The van der Waals surface area contributed by atoms with E-state index in [-0.39, 0.29) is 13.0 Å². The zero-order valence-corrected chi connectivity index (χ0v) is 14.3. The third kappa shape index (κ3) is 4.70. The molecule has 1 aromatic carbocycles. The summed E-state index contributed by atoms with van der Waals surface area (Å²) >= 11 is 0. The smallest absolute Gasteiger partial charge is 0.332 e. The van der Waals surface area contributed by atoms with Crippen LogP contribution in [0.15, 0.2) is 24.3 Å². The van der Waals surface area contributed by atoms with Gasteiger partial charge in [0.25, 0.3) is 5.91 Å². The molecular formula is C17H24N2O7. The SMILES string of the molecule is C[C@H]1[C@H]([C@H](O)[C@H](O)CNC(=O)c2ccc(N)cc2)OC(C(=O)O)C[C@@H]1O. The molecule has 6 atom stereocenters. The number of rotatable bonds is 6. The Balaban J connectivity index is 1.95. The third-order valence-corrected chi connectivity index (χ3v) is 4.55. The number of hydrogen-bond donors (Lipinski definition) is 6. The van der Waals surface area contributed by atoms with Crippen LogP contribution in [-0.4, -0.2) is 69.4 Å². The molecule has 1 heterocycles. The fourth-order valence-electron chi connectivity index (χ4n) is 2.85. The van der Waals surface area contributed by atoms with Crippen molar-refractivity contribution in [2.45, 2.75) is 43.9 Å². The number of aliphatic carboxylic acids is 1. The number of nitrogens with one attached hydrogen (secondary N) is 1. The summed E-state index contributed by atoms with van der Waals surface area (Å²) in [6, 6.07) is 6.16. The van der Waals surface area contributed by atoms with Crippen LogP contribution in [0.5, 0.6) is 0 Å². The lowest BCUT2D eigenvalue weighted by atomic mass is 9.86. The number of benzene rings is 1. The molecule has 1 saturated heterocycles. The predicted octanol–water partition coefficient (Wildman–Crippen LogP) is -1.04. The first-order valence-corrected chi connectivity index (χ1v) is 8.27. The number of carboxylic acids is 1. The topological polar surface area (TPSA) is 162 Å². The van der Waals surface area contributed by atoms with Gasteiger partial charge in [0.2, 0.25) is 0 Å². The van der Waals surface area contributed by atoms with Crippen LogP contribution < -0.4 is 11.1 Å². The van der Waals surface area contributed by atoms with Gasteiger partial charge < -0.3 is 36.2 Å². The van der Waals surface area contributed by atoms with E-state index < -0.39 is 48.3 Å². The number of nitrogens with two attached hydrogens (primary N) is 1. The summed E-state index contributed by atoms with van der Waals surface area (Å²) in [6.07, 6.45) is -6.31. The van der Waals surface area contributed by atoms with Crippen LogP contribution in [0.2, 0.25) is 0 Å². The predicted molar refractivity (Wildman–Crippen MR) is 91.3 cm³/mol. The Hall–Kier alpha value is -2.20. The Bertz CT molecular complexity index is 637. The first kappa shape index (κ1) is 20.1. The minimum Gasteiger partial charge on any atom is -0.479 e. The van der Waals surface area contributed by atoms with Gasteiger partial charge in [-0.1, -0.05) is 6.92 Å². The first-order chi connectivity index (χ1) is 12.2. The van der Waals surface area contributed by atoms with Crippen molar-refractivity contribution in [2.75, 3.05) is 12.3 Å². The lowest BCUT2D eigenvalue weighted by molar-refractivity contribution is -0.200. The van der Waals surface area contributed by atoms with Crippen LogP contribution in [0.3, 0.4) is 0 Å². The van der Waals surface area contributed by atoms with Crippen LogP contribution >= 0.6 is 0 Å². The molecule has 0 aliphatic carbocycles. The Morgan fingerprint density at radius 3 is 2.50 bits per heavy atom. The van der Waals surface area contributed by atoms with E-state index in [9.17, 15) is 24.9 Å². The minimum atomic E-state index is -1.48. The average Bonchev–Trinajstić information content (AvgIpc) is 2.61. The molecule has 1 aliphatic heterocycles. The van der Waals surface area contributed by atoms with E-state index in [1.165, 1.54) is 12.1 Å². The molecule has 0 radical (unpaired) electrons. The van der Waals surface area contributed by atoms with E-state index in [2.05, 4.69) is 5.32 Å². The van der Waals surface area contributed by atoms with Gasteiger partial charge in [-0.3, -0.25) is 4.79 Å². The lowest BCUT2D eigenvalue weighted by Gasteiger charge is -2.40. The van der Waals surface area contributed by atoms with Gasteiger partial charge in [-0.2, -0.15) is 0 Å². The molecular weight excluding hydrogens is 344 g/mol. The van der Waals surface area contributed by atoms with E-state index >= 15 is 0 Å². The number of nitrogen functional groups attached to an aromatic ring is 1. The van der Waals surface area contributed by atoms with Crippen molar-refractivity contribution in [2.24, 2.45) is 5.92 Å². The highest BCUT2D eigenvalue weighted by molar-refractivity contribution is 5.94. The molecule has 9 nitrogen and oxygen atoms in total. The minimum absolute atomic E-state index is 0.0936. The Morgan fingerprint density at radius 1 is 1.31 bits per heavy atom. The number of carboxylic acid groups (broad SMARTS) is 1. The van der Waals surface area contributed by atoms with Crippen LogP contribution in [0, 0.1) is 5.92 Å². The number of carbonyl (C=O) groups is 2. The number of anilines is 1. The number of ether oxygens (including phenoxy) is 1. The highest BCUT2D eigenvalue weighted by Gasteiger charge is 2.43. The Labute approximate surface area is 150 Å². The normalized spacial score (nSPS) is 28.2. The number of aliphatic hydroxyl groups is 3. The maximum absolute atomic E-state index is 12.0. The molecule has 0 aromatic heterocycles. The second kappa shape index (κ2) is 8.45. The van der Waals surface area contributed by atoms with Gasteiger partial charge in [-0.25, -0.2) is 4.79 Å². The molecule has 0 bridgehead atoms. The maximum Gasteiger partial charge on any atom is 0.332 e. The number of carbonyl (C=O) groups excluding carboxylic acids is 1. The van der Waals surface area contributed by atoms with Crippen molar-refractivity contribution >= 4 is 17.6 Å². The van der Waals surface area contributed by atoms with Crippen LogP contribution in [-0.2, 0) is 9.53 Å². The lowest BCUT2D eigenvalue weighted by Crippen LogP contribution is -2.55. The molecule has 0 saturated carbocycles. The van der Waals surface area contributed by atoms with Crippen molar-refractivity contribution in [3.63, 3.8) is 0 Å². The van der Waals surface area contributed by atoms with Crippen molar-refractivity contribution in [1.82, 2.24) is 5.32 Å². The fraction of sp³-hybridized carbons (Fsp3) is 0.529. The van der Waals surface area contributed by atoms with E-state index in [0.29, 0.717) is 11.3 Å². The van der Waals surface area contributed by atoms with Gasteiger partial charge in [0.15, 0.2) is 6.10 Å². The Morgan fingerprint density at radius 2 is 1.92 bits per heavy atom. The summed E-state index contributed by atoms with van der Waals surface area (Å²) in [7, 11) is 0. The van der Waals surface area contributed by atoms with Crippen molar-refractivity contribution in [3.05, 3.63) is 29.8 Å². The summed E-state index contributed by atoms with van der Waals surface area (Å²) in [5.74, 6) is -2.29. The highest BCUT2D eigenvalue weighted by Crippen LogP contribution is 2.28. The molecule has 26 heavy (non-hydrogen) atoms. The molecule has 1 fully saturated rings. The fourth-order valence-corrected chi connectivity index (χ4v) is 2.85. The van der Waals surface area contributed by atoms with Gasteiger partial charge in [-0.05, 0) is 24.3 Å². The van der Waals surface area contributed by atoms with Gasteiger partial charge in [0.05, 0.1) is 18.3 Å². The maximum atomic E-state index is 12.0. The molecule has 9 heteroatoms. The summed E-state index contributed by atoms with van der Waals surface area (Å²) in [6.45, 7) is 1.32. The van der Waals surface area contributed by atoms with Crippen molar-refractivity contribution < 1.29 is 34.8 Å². The largest absolute Gasteiger partial charge is 0.479 e. The van der Waals surface area contributed by atoms with E-state index in [4.69, 9.17) is 15.6 Å². The molecule has 1 aliphatic rings. The summed E-state index contributed by atoms with van der Waals surface area (Å²) in [5, 5.41) is 41.9. The third-order valence-electron chi connectivity index (χ3n) is 4.55. The molecule has 144 valence electrons. The summed E-state index contributed by atoms with van der Waals surface area (Å²) < 4.78 is 5.32. The number of aliphatic hydroxyl groups excluding tert-OH is 3. The summed E-state index contributed by atoms with van der Waals surface area (Å²) in [5.41, 5.74) is 6.39. The first-order valence-electron chi connectivity index (χ1n) is 8.27. The van der Waals surface area contributed by atoms with E-state index in [1.54, 1.807) is 19.1 Å².